The van der Waals surface area contributed by atoms with Crippen molar-refractivity contribution in [1.29, 1.82) is 5.26 Å². The van der Waals surface area contributed by atoms with Gasteiger partial charge >= 0.3 is 0 Å². The van der Waals surface area contributed by atoms with Crippen molar-refractivity contribution in [2.24, 2.45) is 5.73 Å². The zero-order chi connectivity index (χ0) is 10.6. The van der Waals surface area contributed by atoms with E-state index in [9.17, 15) is 4.39 Å². The summed E-state index contributed by atoms with van der Waals surface area (Å²) in [6.07, 6.45) is 0.100. The highest BCUT2D eigenvalue weighted by Gasteiger charge is 2.11. The lowest BCUT2D eigenvalue weighted by Crippen LogP contribution is -2.11. The fourth-order valence-electron chi connectivity index (χ4n) is 1.14. The third-order valence-electron chi connectivity index (χ3n) is 1.92. The van der Waals surface area contributed by atoms with Crippen LogP contribution < -0.4 is 10.5 Å². The Balaban J connectivity index is 2.94. The molecule has 0 aromatic heterocycles. The number of nitriles is 1. The third-order valence-corrected chi connectivity index (χ3v) is 1.92. The predicted molar refractivity (Wildman–Crippen MR) is 50.1 cm³/mol. The Morgan fingerprint density at radius 3 is 2.86 bits per heavy atom. The average Bonchev–Trinajstić information content (AvgIpc) is 2.17. The van der Waals surface area contributed by atoms with Crippen LogP contribution >= 0.6 is 0 Å². The first-order valence-electron chi connectivity index (χ1n) is 4.15. The maximum Gasteiger partial charge on any atom is 0.131 e. The summed E-state index contributed by atoms with van der Waals surface area (Å²) in [5.41, 5.74) is 5.93. The summed E-state index contributed by atoms with van der Waals surface area (Å²) in [5, 5.41) is 8.41. The van der Waals surface area contributed by atoms with Crippen molar-refractivity contribution in [2.75, 3.05) is 7.11 Å². The number of halogens is 1. The molecule has 2 N–H and O–H groups in total. The van der Waals surface area contributed by atoms with Crippen molar-refractivity contribution in [1.82, 2.24) is 0 Å². The van der Waals surface area contributed by atoms with E-state index in [1.54, 1.807) is 6.07 Å². The number of benzene rings is 1. The molecule has 0 spiro atoms. The molecular formula is C10H11FN2O. The summed E-state index contributed by atoms with van der Waals surface area (Å²) in [7, 11) is 1.46. The van der Waals surface area contributed by atoms with E-state index in [-0.39, 0.29) is 6.42 Å². The van der Waals surface area contributed by atoms with Crippen LogP contribution in [0.1, 0.15) is 18.0 Å². The first-order valence-corrected chi connectivity index (χ1v) is 4.15. The Bertz CT molecular complexity index is 360. The number of nitrogens with zero attached hydrogens (tertiary/aromatic N) is 1. The molecule has 0 unspecified atom stereocenters. The van der Waals surface area contributed by atoms with Gasteiger partial charge in [0.1, 0.15) is 11.6 Å². The molecule has 0 amide bonds. The molecule has 0 radical (unpaired) electrons. The van der Waals surface area contributed by atoms with Gasteiger partial charge in [0.05, 0.1) is 19.6 Å². The second kappa shape index (κ2) is 4.58. The Hall–Kier alpha value is -1.60. The molecule has 1 aromatic carbocycles. The largest absolute Gasteiger partial charge is 0.497 e. The van der Waals surface area contributed by atoms with Gasteiger partial charge in [-0.2, -0.15) is 5.26 Å². The SMILES string of the molecule is COc1ccc([C@@H](N)CC#N)c(F)c1. The molecular weight excluding hydrogens is 183 g/mol. The molecule has 0 aliphatic heterocycles. The van der Waals surface area contributed by atoms with Gasteiger partial charge in [-0.3, -0.25) is 0 Å². The molecule has 0 bridgehead atoms. The first-order chi connectivity index (χ1) is 6.69. The number of hydrogen-bond donors (Lipinski definition) is 1. The van der Waals surface area contributed by atoms with Crippen molar-refractivity contribution in [3.05, 3.63) is 29.6 Å². The fourth-order valence-corrected chi connectivity index (χ4v) is 1.14. The van der Waals surface area contributed by atoms with Gasteiger partial charge in [0.15, 0.2) is 0 Å². The summed E-state index contributed by atoms with van der Waals surface area (Å²) in [4.78, 5) is 0. The van der Waals surface area contributed by atoms with Gasteiger partial charge in [-0.1, -0.05) is 6.07 Å². The van der Waals surface area contributed by atoms with Crippen molar-refractivity contribution < 1.29 is 9.13 Å². The van der Waals surface area contributed by atoms with Crippen molar-refractivity contribution in [3.8, 4) is 11.8 Å². The van der Waals surface area contributed by atoms with E-state index in [0.717, 1.165) is 0 Å². The number of ether oxygens (including phenoxy) is 1. The van der Waals surface area contributed by atoms with Gasteiger partial charge in [0.25, 0.3) is 0 Å². The molecule has 3 nitrogen and oxygen atoms in total. The summed E-state index contributed by atoms with van der Waals surface area (Å²) in [6.45, 7) is 0. The lowest BCUT2D eigenvalue weighted by molar-refractivity contribution is 0.410. The Morgan fingerprint density at radius 1 is 1.64 bits per heavy atom. The Kier molecular flexibility index (Phi) is 3.43. The molecule has 0 aliphatic rings. The summed E-state index contributed by atoms with van der Waals surface area (Å²) in [5.74, 6) is 0.00232. The molecule has 1 aromatic rings. The minimum Gasteiger partial charge on any atom is -0.497 e. The lowest BCUT2D eigenvalue weighted by atomic mass is 10.0. The molecule has 1 rings (SSSR count). The molecule has 14 heavy (non-hydrogen) atoms. The molecule has 1 atom stereocenters. The van der Waals surface area contributed by atoms with E-state index in [1.165, 1.54) is 19.2 Å². The molecule has 0 saturated heterocycles. The average molecular weight is 194 g/mol. The topological polar surface area (TPSA) is 59.0 Å². The summed E-state index contributed by atoms with van der Waals surface area (Å²) in [6, 6.07) is 5.74. The van der Waals surface area contributed by atoms with Crippen LogP contribution in [0.5, 0.6) is 5.75 Å². The summed E-state index contributed by atoms with van der Waals surface area (Å²) >= 11 is 0. The van der Waals surface area contributed by atoms with Crippen LogP contribution in [-0.2, 0) is 0 Å². The minimum atomic E-state index is -0.578. The van der Waals surface area contributed by atoms with Gasteiger partial charge in [-0.15, -0.1) is 0 Å². The Morgan fingerprint density at radius 2 is 2.36 bits per heavy atom. The lowest BCUT2D eigenvalue weighted by Gasteiger charge is -2.09. The first kappa shape index (κ1) is 10.5. The second-order valence-corrected chi connectivity index (χ2v) is 2.86. The maximum absolute atomic E-state index is 13.3. The number of nitrogens with two attached hydrogens (primary N) is 1. The van der Waals surface area contributed by atoms with E-state index in [0.29, 0.717) is 11.3 Å². The molecule has 0 fully saturated rings. The van der Waals surface area contributed by atoms with Crippen LogP contribution in [0, 0.1) is 17.1 Å². The molecule has 4 heteroatoms. The van der Waals surface area contributed by atoms with Crippen molar-refractivity contribution >= 4 is 0 Å². The van der Waals surface area contributed by atoms with E-state index in [1.807, 2.05) is 6.07 Å². The third kappa shape index (κ3) is 2.21. The van der Waals surface area contributed by atoms with Crippen LogP contribution in [0.25, 0.3) is 0 Å². The van der Waals surface area contributed by atoms with Crippen LogP contribution in [0.15, 0.2) is 18.2 Å². The second-order valence-electron chi connectivity index (χ2n) is 2.86. The minimum absolute atomic E-state index is 0.100. The highest BCUT2D eigenvalue weighted by atomic mass is 19.1. The van der Waals surface area contributed by atoms with Gasteiger partial charge < -0.3 is 10.5 Å². The predicted octanol–water partition coefficient (Wildman–Crippen LogP) is 1.75. The number of hydrogen-bond acceptors (Lipinski definition) is 3. The van der Waals surface area contributed by atoms with E-state index < -0.39 is 11.9 Å². The maximum atomic E-state index is 13.3. The van der Waals surface area contributed by atoms with E-state index in [4.69, 9.17) is 15.7 Å². The zero-order valence-corrected chi connectivity index (χ0v) is 7.83. The quantitative estimate of drug-likeness (QED) is 0.797. The van der Waals surface area contributed by atoms with E-state index in [2.05, 4.69) is 0 Å². The number of methoxy groups -OCH3 is 1. The summed E-state index contributed by atoms with van der Waals surface area (Å²) < 4.78 is 18.2. The molecule has 0 heterocycles. The monoisotopic (exact) mass is 194 g/mol. The zero-order valence-electron chi connectivity index (χ0n) is 7.83. The van der Waals surface area contributed by atoms with Crippen molar-refractivity contribution in [3.63, 3.8) is 0 Å². The fraction of sp³-hybridized carbons (Fsp3) is 0.300. The van der Waals surface area contributed by atoms with Crippen molar-refractivity contribution in [2.45, 2.75) is 12.5 Å². The molecule has 74 valence electrons. The van der Waals surface area contributed by atoms with Gasteiger partial charge in [0, 0.05) is 17.7 Å². The van der Waals surface area contributed by atoms with Gasteiger partial charge in [-0.25, -0.2) is 4.39 Å². The smallest absolute Gasteiger partial charge is 0.131 e. The molecule has 0 aliphatic carbocycles. The normalized spacial score (nSPS) is 11.9. The highest BCUT2D eigenvalue weighted by molar-refractivity contribution is 5.31. The highest BCUT2D eigenvalue weighted by Crippen LogP contribution is 2.21. The van der Waals surface area contributed by atoms with Crippen LogP contribution in [-0.4, -0.2) is 7.11 Å². The van der Waals surface area contributed by atoms with E-state index >= 15 is 0 Å². The van der Waals surface area contributed by atoms with Gasteiger partial charge in [0.2, 0.25) is 0 Å². The van der Waals surface area contributed by atoms with Gasteiger partial charge in [-0.05, 0) is 6.07 Å². The Labute approximate surface area is 81.9 Å². The number of rotatable bonds is 3. The van der Waals surface area contributed by atoms with Crippen LogP contribution in [0.2, 0.25) is 0 Å². The van der Waals surface area contributed by atoms with Crippen LogP contribution in [0.3, 0.4) is 0 Å². The van der Waals surface area contributed by atoms with Crippen LogP contribution in [0.4, 0.5) is 4.39 Å². The standard InChI is InChI=1S/C10H11FN2O/c1-14-7-2-3-8(9(11)6-7)10(13)4-5-12/h2-3,6,10H,4,13H2,1H3/t10-/m0/s1. The molecule has 0 saturated carbocycles.